The van der Waals surface area contributed by atoms with Crippen molar-refractivity contribution in [2.45, 2.75) is 6.54 Å². The van der Waals surface area contributed by atoms with Crippen molar-refractivity contribution < 1.29 is 4.79 Å². The lowest BCUT2D eigenvalue weighted by Gasteiger charge is -2.05. The second kappa shape index (κ2) is 6.10. The Morgan fingerprint density at radius 2 is 2.32 bits per heavy atom. The molecule has 19 heavy (non-hydrogen) atoms. The maximum Gasteiger partial charge on any atom is 0.275 e. The van der Waals surface area contributed by atoms with Gasteiger partial charge in [0.25, 0.3) is 5.91 Å². The summed E-state index contributed by atoms with van der Waals surface area (Å²) in [6.07, 6.45) is 3.05. The summed E-state index contributed by atoms with van der Waals surface area (Å²) in [7, 11) is 3.91. The Balaban J connectivity index is 2.08. The van der Waals surface area contributed by atoms with Crippen LogP contribution in [0.25, 0.3) is 0 Å². The van der Waals surface area contributed by atoms with Gasteiger partial charge in [0, 0.05) is 24.3 Å². The zero-order valence-corrected chi connectivity index (χ0v) is 12.1. The average Bonchev–Trinajstić information content (AvgIpc) is 2.79. The second-order valence-electron chi connectivity index (χ2n) is 4.17. The molecular weight excluding hydrogens is 284 g/mol. The van der Waals surface area contributed by atoms with E-state index >= 15 is 0 Å². The van der Waals surface area contributed by atoms with E-state index in [-0.39, 0.29) is 5.91 Å². The summed E-state index contributed by atoms with van der Waals surface area (Å²) in [5, 5.41) is 5.75. The molecule has 100 valence electrons. The fourth-order valence-electron chi connectivity index (χ4n) is 1.42. The van der Waals surface area contributed by atoms with Crippen molar-refractivity contribution in [2.75, 3.05) is 19.4 Å². The van der Waals surface area contributed by atoms with E-state index < -0.39 is 0 Å². The van der Waals surface area contributed by atoms with Gasteiger partial charge in [0.15, 0.2) is 0 Å². The molecule has 0 aliphatic carbocycles. The number of amides is 1. The highest BCUT2D eigenvalue weighted by Crippen LogP contribution is 2.20. The molecule has 7 heteroatoms. The van der Waals surface area contributed by atoms with Crippen molar-refractivity contribution in [2.24, 2.45) is 0 Å². The molecule has 2 aromatic heterocycles. The molecule has 2 rings (SSSR count). The number of nitrogens with one attached hydrogen (secondary N) is 1. The van der Waals surface area contributed by atoms with E-state index in [1.54, 1.807) is 17.6 Å². The van der Waals surface area contributed by atoms with Crippen LogP contribution < -0.4 is 5.32 Å². The Kier molecular flexibility index (Phi) is 4.47. The number of halogens is 1. The van der Waals surface area contributed by atoms with Crippen LogP contribution in [-0.4, -0.2) is 34.9 Å². The highest BCUT2D eigenvalue weighted by Gasteiger charge is 2.12. The van der Waals surface area contributed by atoms with Crippen molar-refractivity contribution in [3.05, 3.63) is 39.6 Å². The number of anilines is 1. The van der Waals surface area contributed by atoms with Crippen molar-refractivity contribution in [3.8, 4) is 0 Å². The number of carbonyl (C=O) groups is 1. The Hall–Kier alpha value is -1.50. The van der Waals surface area contributed by atoms with Gasteiger partial charge in [-0.3, -0.25) is 9.78 Å². The molecule has 2 heterocycles. The molecule has 5 nitrogen and oxygen atoms in total. The van der Waals surface area contributed by atoms with E-state index in [0.717, 1.165) is 5.01 Å². The van der Waals surface area contributed by atoms with Gasteiger partial charge in [-0.05, 0) is 20.2 Å². The minimum absolute atomic E-state index is 0.269. The maximum atomic E-state index is 12.0. The molecule has 0 atom stereocenters. The van der Waals surface area contributed by atoms with Crippen LogP contribution in [0.1, 0.15) is 15.5 Å². The summed E-state index contributed by atoms with van der Waals surface area (Å²) in [4.78, 5) is 22.1. The van der Waals surface area contributed by atoms with Crippen molar-refractivity contribution >= 4 is 34.5 Å². The van der Waals surface area contributed by atoms with Crippen LogP contribution in [0.2, 0.25) is 5.02 Å². The molecule has 0 aromatic carbocycles. The first kappa shape index (κ1) is 13.9. The summed E-state index contributed by atoms with van der Waals surface area (Å²) < 4.78 is 0. The molecule has 0 bridgehead atoms. The van der Waals surface area contributed by atoms with Crippen molar-refractivity contribution in [3.63, 3.8) is 0 Å². The molecule has 0 saturated heterocycles. The van der Waals surface area contributed by atoms with Crippen LogP contribution in [0.4, 0.5) is 5.69 Å². The molecule has 0 aliphatic rings. The number of thiazole rings is 1. The number of rotatable bonds is 4. The quantitative estimate of drug-likeness (QED) is 0.942. The normalized spacial score (nSPS) is 10.7. The average molecular weight is 297 g/mol. The summed E-state index contributed by atoms with van der Waals surface area (Å²) in [5.41, 5.74) is 0.929. The number of carbonyl (C=O) groups excluding carboxylic acids is 1. The highest BCUT2D eigenvalue weighted by molar-refractivity contribution is 7.09. The van der Waals surface area contributed by atoms with E-state index in [1.165, 1.54) is 17.5 Å². The van der Waals surface area contributed by atoms with Gasteiger partial charge in [0.2, 0.25) is 0 Å². The van der Waals surface area contributed by atoms with Gasteiger partial charge < -0.3 is 10.2 Å². The second-order valence-corrected chi connectivity index (χ2v) is 5.52. The maximum absolute atomic E-state index is 12.0. The lowest BCUT2D eigenvalue weighted by molar-refractivity contribution is 0.102. The lowest BCUT2D eigenvalue weighted by atomic mass is 10.3. The molecule has 2 aromatic rings. The van der Waals surface area contributed by atoms with Crippen LogP contribution in [-0.2, 0) is 6.54 Å². The summed E-state index contributed by atoms with van der Waals surface area (Å²) in [5.74, 6) is -0.269. The van der Waals surface area contributed by atoms with Gasteiger partial charge in [0.1, 0.15) is 10.7 Å². The van der Waals surface area contributed by atoms with Gasteiger partial charge >= 0.3 is 0 Å². The van der Waals surface area contributed by atoms with E-state index in [4.69, 9.17) is 11.6 Å². The summed E-state index contributed by atoms with van der Waals surface area (Å²) >= 11 is 7.39. The first-order chi connectivity index (χ1) is 9.06. The van der Waals surface area contributed by atoms with Crippen LogP contribution in [0, 0.1) is 0 Å². The summed E-state index contributed by atoms with van der Waals surface area (Å²) in [6, 6.07) is 1.65. The Morgan fingerprint density at radius 3 is 3.00 bits per heavy atom. The molecule has 0 spiro atoms. The van der Waals surface area contributed by atoms with Crippen molar-refractivity contribution in [1.82, 2.24) is 14.9 Å². The van der Waals surface area contributed by atoms with Gasteiger partial charge in [-0.1, -0.05) is 11.6 Å². The third-order valence-corrected chi connectivity index (χ3v) is 3.39. The Labute approximate surface area is 120 Å². The smallest absolute Gasteiger partial charge is 0.275 e. The van der Waals surface area contributed by atoms with E-state index in [0.29, 0.717) is 22.9 Å². The largest absolute Gasteiger partial charge is 0.319 e. The molecular formula is C12H13ClN4OS. The predicted octanol–water partition coefficient (Wildman–Crippen LogP) is 2.51. The van der Waals surface area contributed by atoms with Crippen LogP contribution in [0.5, 0.6) is 0 Å². The lowest BCUT2D eigenvalue weighted by Crippen LogP contribution is -2.14. The van der Waals surface area contributed by atoms with Gasteiger partial charge in [-0.2, -0.15) is 0 Å². The SMILES string of the molecule is CN(C)Cc1nc(C(=O)Nc2ccncc2Cl)cs1. The van der Waals surface area contributed by atoms with E-state index in [1.807, 2.05) is 19.0 Å². The number of pyridine rings is 1. The standard InChI is InChI=1S/C12H13ClN4OS/c1-17(2)6-11-15-10(7-19-11)12(18)16-9-3-4-14-5-8(9)13/h3-5,7H,6H2,1-2H3,(H,14,16,18). The highest BCUT2D eigenvalue weighted by atomic mass is 35.5. The fourth-order valence-corrected chi connectivity index (χ4v) is 2.48. The van der Waals surface area contributed by atoms with Gasteiger partial charge in [-0.15, -0.1) is 11.3 Å². The molecule has 0 fully saturated rings. The molecule has 0 aliphatic heterocycles. The molecule has 1 amide bonds. The summed E-state index contributed by atoms with van der Waals surface area (Å²) in [6.45, 7) is 0.716. The predicted molar refractivity (Wildman–Crippen MR) is 76.7 cm³/mol. The molecule has 0 unspecified atom stereocenters. The fraction of sp³-hybridized carbons (Fsp3) is 0.250. The van der Waals surface area contributed by atoms with Crippen molar-refractivity contribution in [1.29, 1.82) is 0 Å². The number of hydrogen-bond donors (Lipinski definition) is 1. The zero-order valence-electron chi connectivity index (χ0n) is 10.6. The van der Waals surface area contributed by atoms with Crippen LogP contribution >= 0.6 is 22.9 Å². The number of aromatic nitrogens is 2. The monoisotopic (exact) mass is 296 g/mol. The van der Waals surface area contributed by atoms with E-state index in [2.05, 4.69) is 15.3 Å². The first-order valence-corrected chi connectivity index (χ1v) is 6.82. The van der Waals surface area contributed by atoms with E-state index in [9.17, 15) is 4.79 Å². The number of nitrogens with zero attached hydrogens (tertiary/aromatic N) is 3. The third-order valence-electron chi connectivity index (χ3n) is 2.26. The molecule has 1 N–H and O–H groups in total. The van der Waals surface area contributed by atoms with Crippen LogP contribution in [0.15, 0.2) is 23.8 Å². The van der Waals surface area contributed by atoms with Crippen LogP contribution in [0.3, 0.4) is 0 Å². The zero-order chi connectivity index (χ0) is 13.8. The Morgan fingerprint density at radius 1 is 1.53 bits per heavy atom. The number of hydrogen-bond acceptors (Lipinski definition) is 5. The topological polar surface area (TPSA) is 58.1 Å². The minimum Gasteiger partial charge on any atom is -0.319 e. The molecule has 0 radical (unpaired) electrons. The Bertz CT molecular complexity index is 585. The first-order valence-electron chi connectivity index (χ1n) is 5.56. The van der Waals surface area contributed by atoms with Gasteiger partial charge in [0.05, 0.1) is 10.7 Å². The minimum atomic E-state index is -0.269. The van der Waals surface area contributed by atoms with Gasteiger partial charge in [-0.25, -0.2) is 4.98 Å². The molecule has 0 saturated carbocycles. The third kappa shape index (κ3) is 3.73.